The SMILES string of the molecule is NC(=O)c1cc(-c2ccc(OCc3cc(Cl)ccn3)cc2)c(C(F)(F)F)[nH]c1=O. The highest BCUT2D eigenvalue weighted by molar-refractivity contribution is 6.30. The predicted octanol–water partition coefficient (Wildman–Crippen LogP) is 3.79. The lowest BCUT2D eigenvalue weighted by atomic mass is 10.0. The number of pyridine rings is 2. The van der Waals surface area contributed by atoms with Crippen LogP contribution in [0.4, 0.5) is 13.2 Å². The maximum atomic E-state index is 13.3. The van der Waals surface area contributed by atoms with Crippen LogP contribution >= 0.6 is 11.6 Å². The average Bonchev–Trinajstić information content (AvgIpc) is 2.66. The van der Waals surface area contributed by atoms with Crippen LogP contribution in [0.25, 0.3) is 11.1 Å². The molecule has 0 unspecified atom stereocenters. The summed E-state index contributed by atoms with van der Waals surface area (Å²) in [4.78, 5) is 28.8. The Morgan fingerprint density at radius 3 is 2.45 bits per heavy atom. The molecule has 0 fully saturated rings. The Balaban J connectivity index is 1.91. The first kappa shape index (κ1) is 20.4. The van der Waals surface area contributed by atoms with Crippen molar-refractivity contribution in [1.29, 1.82) is 0 Å². The molecule has 3 rings (SSSR count). The number of nitrogens with two attached hydrogens (primary N) is 1. The average molecular weight is 424 g/mol. The number of carbonyl (C=O) groups is 1. The molecule has 3 aromatic rings. The molecule has 29 heavy (non-hydrogen) atoms. The lowest BCUT2D eigenvalue weighted by Crippen LogP contribution is -2.27. The number of primary amides is 1. The fourth-order valence-electron chi connectivity index (χ4n) is 2.58. The van der Waals surface area contributed by atoms with E-state index in [0.29, 0.717) is 16.5 Å². The molecular formula is C19H13ClF3N3O3. The van der Waals surface area contributed by atoms with Gasteiger partial charge in [0.2, 0.25) is 0 Å². The number of halogens is 4. The van der Waals surface area contributed by atoms with Crippen LogP contribution in [-0.4, -0.2) is 15.9 Å². The monoisotopic (exact) mass is 423 g/mol. The largest absolute Gasteiger partial charge is 0.487 e. The smallest absolute Gasteiger partial charge is 0.431 e. The Morgan fingerprint density at radius 1 is 1.17 bits per heavy atom. The van der Waals surface area contributed by atoms with E-state index in [4.69, 9.17) is 22.1 Å². The van der Waals surface area contributed by atoms with E-state index in [1.54, 1.807) is 17.1 Å². The number of ether oxygens (including phenoxy) is 1. The minimum absolute atomic E-state index is 0.109. The van der Waals surface area contributed by atoms with Crippen molar-refractivity contribution in [1.82, 2.24) is 9.97 Å². The normalized spacial score (nSPS) is 11.3. The van der Waals surface area contributed by atoms with E-state index in [-0.39, 0.29) is 17.7 Å². The zero-order chi connectivity index (χ0) is 21.2. The molecule has 0 aliphatic carbocycles. The molecule has 6 nitrogen and oxygen atoms in total. The van der Waals surface area contributed by atoms with Crippen molar-refractivity contribution in [2.75, 3.05) is 0 Å². The number of hydrogen-bond acceptors (Lipinski definition) is 4. The fourth-order valence-corrected chi connectivity index (χ4v) is 2.76. The van der Waals surface area contributed by atoms with Crippen molar-refractivity contribution < 1.29 is 22.7 Å². The Hall–Kier alpha value is -3.33. The van der Waals surface area contributed by atoms with E-state index in [1.165, 1.54) is 30.5 Å². The van der Waals surface area contributed by atoms with E-state index in [2.05, 4.69) is 4.98 Å². The lowest BCUT2D eigenvalue weighted by molar-refractivity contribution is -0.140. The van der Waals surface area contributed by atoms with Gasteiger partial charge < -0.3 is 15.5 Å². The standard InChI is InChI=1S/C19H13ClF3N3O3/c20-11-5-6-25-12(7-11)9-29-13-3-1-10(2-4-13)14-8-15(17(24)27)18(28)26-16(14)19(21,22)23/h1-8H,9H2,(H2,24,27)(H,26,28). The van der Waals surface area contributed by atoms with Crippen LogP contribution in [0.2, 0.25) is 5.02 Å². The molecule has 0 aliphatic heterocycles. The summed E-state index contributed by atoms with van der Waals surface area (Å²) in [7, 11) is 0. The first-order valence-corrected chi connectivity index (χ1v) is 8.51. The van der Waals surface area contributed by atoms with E-state index in [9.17, 15) is 22.8 Å². The molecule has 2 aromatic heterocycles. The summed E-state index contributed by atoms with van der Waals surface area (Å²) in [6.07, 6.45) is -3.31. The molecule has 0 radical (unpaired) electrons. The van der Waals surface area contributed by atoms with Crippen LogP contribution in [0.5, 0.6) is 5.75 Å². The summed E-state index contributed by atoms with van der Waals surface area (Å²) in [6, 6.07) is 9.71. The molecule has 1 amide bonds. The Morgan fingerprint density at radius 2 is 1.86 bits per heavy atom. The van der Waals surface area contributed by atoms with Crippen molar-refractivity contribution >= 4 is 17.5 Å². The number of aromatic amines is 1. The third kappa shape index (κ3) is 4.75. The zero-order valence-electron chi connectivity index (χ0n) is 14.6. The quantitative estimate of drug-likeness (QED) is 0.652. The van der Waals surface area contributed by atoms with E-state index in [1.807, 2.05) is 0 Å². The molecule has 150 valence electrons. The minimum atomic E-state index is -4.84. The summed E-state index contributed by atoms with van der Waals surface area (Å²) < 4.78 is 45.6. The molecular weight excluding hydrogens is 411 g/mol. The van der Waals surface area contributed by atoms with Crippen LogP contribution in [0.1, 0.15) is 21.7 Å². The third-order valence-electron chi connectivity index (χ3n) is 3.92. The van der Waals surface area contributed by atoms with Gasteiger partial charge in [0.15, 0.2) is 0 Å². The summed E-state index contributed by atoms with van der Waals surface area (Å²) >= 11 is 5.87. The summed E-state index contributed by atoms with van der Waals surface area (Å²) in [5.41, 5.74) is 2.34. The maximum Gasteiger partial charge on any atom is 0.431 e. The second-order valence-corrected chi connectivity index (χ2v) is 6.38. The number of rotatable bonds is 5. The Labute approximate surface area is 167 Å². The number of nitrogens with one attached hydrogen (secondary N) is 1. The van der Waals surface area contributed by atoms with Gasteiger partial charge in [-0.3, -0.25) is 14.6 Å². The lowest BCUT2D eigenvalue weighted by Gasteiger charge is -2.14. The molecule has 3 N–H and O–H groups in total. The highest BCUT2D eigenvalue weighted by Gasteiger charge is 2.36. The number of aromatic nitrogens is 2. The van der Waals surface area contributed by atoms with Crippen LogP contribution in [-0.2, 0) is 12.8 Å². The highest BCUT2D eigenvalue weighted by Crippen LogP contribution is 2.35. The van der Waals surface area contributed by atoms with E-state index in [0.717, 1.165) is 6.07 Å². The molecule has 0 atom stereocenters. The van der Waals surface area contributed by atoms with Crippen LogP contribution < -0.4 is 16.0 Å². The van der Waals surface area contributed by atoms with Gasteiger partial charge in [-0.15, -0.1) is 0 Å². The van der Waals surface area contributed by atoms with Gasteiger partial charge >= 0.3 is 6.18 Å². The molecule has 0 saturated carbocycles. The number of amides is 1. The fraction of sp³-hybridized carbons (Fsp3) is 0.105. The van der Waals surface area contributed by atoms with Gasteiger partial charge in [0.05, 0.1) is 5.69 Å². The van der Waals surface area contributed by atoms with Crippen molar-refractivity contribution in [3.8, 4) is 16.9 Å². The second-order valence-electron chi connectivity index (χ2n) is 5.94. The zero-order valence-corrected chi connectivity index (χ0v) is 15.3. The van der Waals surface area contributed by atoms with Gasteiger partial charge in [-0.05, 0) is 35.9 Å². The van der Waals surface area contributed by atoms with Gasteiger partial charge in [-0.2, -0.15) is 13.2 Å². The number of alkyl halides is 3. The van der Waals surface area contributed by atoms with Crippen molar-refractivity contribution in [2.24, 2.45) is 5.73 Å². The Bertz CT molecular complexity index is 1110. The summed E-state index contributed by atoms with van der Waals surface area (Å²) in [6.45, 7) is 0.109. The van der Waals surface area contributed by atoms with Crippen molar-refractivity contribution in [3.05, 3.63) is 81.0 Å². The molecule has 0 bridgehead atoms. The predicted molar refractivity (Wildman–Crippen MR) is 99.6 cm³/mol. The highest BCUT2D eigenvalue weighted by atomic mass is 35.5. The number of carbonyl (C=O) groups excluding carboxylic acids is 1. The summed E-state index contributed by atoms with van der Waals surface area (Å²) in [5, 5.41) is 0.497. The van der Waals surface area contributed by atoms with Crippen LogP contribution in [0.15, 0.2) is 53.5 Å². The van der Waals surface area contributed by atoms with Gasteiger partial charge in [-0.25, -0.2) is 0 Å². The van der Waals surface area contributed by atoms with Gasteiger partial charge in [0, 0.05) is 16.8 Å². The first-order valence-electron chi connectivity index (χ1n) is 8.13. The number of nitrogens with zero attached hydrogens (tertiary/aromatic N) is 1. The first-order chi connectivity index (χ1) is 13.6. The van der Waals surface area contributed by atoms with Crippen molar-refractivity contribution in [3.63, 3.8) is 0 Å². The maximum absolute atomic E-state index is 13.3. The van der Waals surface area contributed by atoms with Gasteiger partial charge in [-0.1, -0.05) is 23.7 Å². The van der Waals surface area contributed by atoms with Crippen LogP contribution in [0.3, 0.4) is 0 Å². The number of benzene rings is 1. The number of hydrogen-bond donors (Lipinski definition) is 2. The molecule has 0 spiro atoms. The minimum Gasteiger partial charge on any atom is -0.487 e. The second kappa shape index (κ2) is 7.96. The summed E-state index contributed by atoms with van der Waals surface area (Å²) in [5.74, 6) is -0.751. The molecule has 1 aromatic carbocycles. The number of H-pyrrole nitrogens is 1. The van der Waals surface area contributed by atoms with Crippen molar-refractivity contribution in [2.45, 2.75) is 12.8 Å². The molecule has 2 heterocycles. The van der Waals surface area contributed by atoms with Crippen LogP contribution in [0, 0.1) is 0 Å². The van der Waals surface area contributed by atoms with Gasteiger partial charge in [0.1, 0.15) is 23.6 Å². The topological polar surface area (TPSA) is 98.1 Å². The molecule has 10 heteroatoms. The van der Waals surface area contributed by atoms with Gasteiger partial charge in [0.25, 0.3) is 11.5 Å². The third-order valence-corrected chi connectivity index (χ3v) is 4.16. The van der Waals surface area contributed by atoms with E-state index >= 15 is 0 Å². The Kier molecular flexibility index (Phi) is 5.60. The van der Waals surface area contributed by atoms with E-state index < -0.39 is 28.9 Å². The molecule has 0 aliphatic rings. The molecule has 0 saturated heterocycles.